The number of carbonyl (C=O) groups is 1. The third-order valence-corrected chi connectivity index (χ3v) is 5.23. The molecule has 1 saturated heterocycles. The van der Waals surface area contributed by atoms with Crippen LogP contribution < -0.4 is 10.6 Å². The number of ether oxygens (including phenoxy) is 1. The second-order valence-electron chi connectivity index (χ2n) is 8.45. The fourth-order valence-corrected chi connectivity index (χ4v) is 3.38. The maximum atomic E-state index is 12.6. The summed E-state index contributed by atoms with van der Waals surface area (Å²) in [6, 6.07) is 7.85. The first-order chi connectivity index (χ1) is 13.3. The lowest BCUT2D eigenvalue weighted by molar-refractivity contribution is 0.0205. The number of rotatable bonds is 6. The number of aliphatic imine (C=N–C) groups is 1. The SMILES string of the molecule is CN=C(NCc1ccc(C(=O)N2CCCCC2)cc1)NCC(OC)C(C)(C)C. The molecule has 1 fully saturated rings. The average molecular weight is 389 g/mol. The summed E-state index contributed by atoms with van der Waals surface area (Å²) in [6.07, 6.45) is 3.54. The van der Waals surface area contributed by atoms with Gasteiger partial charge in [0.05, 0.1) is 6.10 Å². The molecule has 0 aromatic heterocycles. The van der Waals surface area contributed by atoms with E-state index in [0.717, 1.165) is 43.0 Å². The molecule has 1 aromatic carbocycles. The number of methoxy groups -OCH3 is 1. The first kappa shape index (κ1) is 22.2. The average Bonchev–Trinajstić information content (AvgIpc) is 2.70. The summed E-state index contributed by atoms with van der Waals surface area (Å²) in [7, 11) is 3.50. The van der Waals surface area contributed by atoms with Crippen molar-refractivity contribution in [3.63, 3.8) is 0 Å². The van der Waals surface area contributed by atoms with Crippen LogP contribution in [0.15, 0.2) is 29.3 Å². The number of hydrogen-bond donors (Lipinski definition) is 2. The predicted octanol–water partition coefficient (Wildman–Crippen LogP) is 3.04. The van der Waals surface area contributed by atoms with Crippen molar-refractivity contribution in [1.82, 2.24) is 15.5 Å². The van der Waals surface area contributed by atoms with Gasteiger partial charge in [-0.25, -0.2) is 0 Å². The lowest BCUT2D eigenvalue weighted by Gasteiger charge is -2.30. The summed E-state index contributed by atoms with van der Waals surface area (Å²) in [5.74, 6) is 0.879. The summed E-state index contributed by atoms with van der Waals surface area (Å²) >= 11 is 0. The van der Waals surface area contributed by atoms with E-state index in [0.29, 0.717) is 13.1 Å². The van der Waals surface area contributed by atoms with Crippen LogP contribution >= 0.6 is 0 Å². The third-order valence-electron chi connectivity index (χ3n) is 5.23. The molecular formula is C22H36N4O2. The van der Waals surface area contributed by atoms with Gasteiger partial charge in [-0.2, -0.15) is 0 Å². The molecular weight excluding hydrogens is 352 g/mol. The lowest BCUT2D eigenvalue weighted by Crippen LogP contribution is -2.45. The van der Waals surface area contributed by atoms with Crippen LogP contribution in [0, 0.1) is 5.41 Å². The molecule has 2 N–H and O–H groups in total. The van der Waals surface area contributed by atoms with E-state index in [2.05, 4.69) is 36.4 Å². The Kier molecular flexibility index (Phi) is 8.30. The van der Waals surface area contributed by atoms with Crippen molar-refractivity contribution in [1.29, 1.82) is 0 Å². The van der Waals surface area contributed by atoms with Gasteiger partial charge in [0.25, 0.3) is 5.91 Å². The minimum absolute atomic E-state index is 0.0529. The normalized spacial score (nSPS) is 16.6. The predicted molar refractivity (Wildman–Crippen MR) is 115 cm³/mol. The molecule has 0 bridgehead atoms. The monoisotopic (exact) mass is 388 g/mol. The number of likely N-dealkylation sites (tertiary alicyclic amines) is 1. The molecule has 1 atom stereocenters. The van der Waals surface area contributed by atoms with E-state index < -0.39 is 0 Å². The maximum Gasteiger partial charge on any atom is 0.253 e. The molecule has 1 heterocycles. The Morgan fingerprint density at radius 1 is 1.14 bits per heavy atom. The highest BCUT2D eigenvalue weighted by molar-refractivity contribution is 5.94. The molecule has 6 heteroatoms. The number of carbonyl (C=O) groups excluding carboxylic acids is 1. The van der Waals surface area contributed by atoms with Crippen LogP contribution in [0.1, 0.15) is 56.0 Å². The lowest BCUT2D eigenvalue weighted by atomic mass is 9.89. The van der Waals surface area contributed by atoms with E-state index in [1.54, 1.807) is 14.2 Å². The molecule has 6 nitrogen and oxygen atoms in total. The van der Waals surface area contributed by atoms with E-state index >= 15 is 0 Å². The first-order valence-electron chi connectivity index (χ1n) is 10.2. The number of guanidine groups is 1. The molecule has 2 rings (SSSR count). The number of hydrogen-bond acceptors (Lipinski definition) is 3. The van der Waals surface area contributed by atoms with Gasteiger partial charge in [-0.1, -0.05) is 32.9 Å². The number of nitrogens with one attached hydrogen (secondary N) is 2. The number of benzene rings is 1. The van der Waals surface area contributed by atoms with Crippen molar-refractivity contribution in [3.05, 3.63) is 35.4 Å². The summed E-state index contributed by atoms with van der Waals surface area (Å²) in [5.41, 5.74) is 1.93. The van der Waals surface area contributed by atoms with E-state index in [1.807, 2.05) is 29.2 Å². The Morgan fingerprint density at radius 2 is 1.79 bits per heavy atom. The van der Waals surface area contributed by atoms with Crippen LogP contribution in [0.3, 0.4) is 0 Å². The molecule has 28 heavy (non-hydrogen) atoms. The smallest absolute Gasteiger partial charge is 0.253 e. The Bertz CT molecular complexity index is 643. The van der Waals surface area contributed by atoms with Gasteiger partial charge in [0, 0.05) is 45.9 Å². The second-order valence-corrected chi connectivity index (χ2v) is 8.45. The van der Waals surface area contributed by atoms with Crippen LogP contribution in [-0.4, -0.2) is 56.7 Å². The molecule has 156 valence electrons. The van der Waals surface area contributed by atoms with Crippen molar-refractivity contribution >= 4 is 11.9 Å². The number of piperidine rings is 1. The van der Waals surface area contributed by atoms with Crippen molar-refractivity contribution in [2.75, 3.05) is 33.8 Å². The quantitative estimate of drug-likeness (QED) is 0.581. The van der Waals surface area contributed by atoms with Crippen molar-refractivity contribution < 1.29 is 9.53 Å². The van der Waals surface area contributed by atoms with Crippen molar-refractivity contribution in [2.45, 2.75) is 52.7 Å². The highest BCUT2D eigenvalue weighted by Crippen LogP contribution is 2.21. The Hall–Kier alpha value is -2.08. The van der Waals surface area contributed by atoms with Crippen molar-refractivity contribution in [3.8, 4) is 0 Å². The van der Waals surface area contributed by atoms with E-state index in [9.17, 15) is 4.79 Å². The van der Waals surface area contributed by atoms with Gasteiger partial charge in [-0.15, -0.1) is 0 Å². The highest BCUT2D eigenvalue weighted by atomic mass is 16.5. The summed E-state index contributed by atoms with van der Waals surface area (Å²) in [6.45, 7) is 9.56. The van der Waals surface area contributed by atoms with Crippen LogP contribution in [0.2, 0.25) is 0 Å². The maximum absolute atomic E-state index is 12.6. The molecule has 0 spiro atoms. The van der Waals surface area contributed by atoms with Crippen LogP contribution in [0.25, 0.3) is 0 Å². The first-order valence-corrected chi connectivity index (χ1v) is 10.2. The largest absolute Gasteiger partial charge is 0.379 e. The minimum atomic E-state index is 0.0529. The number of nitrogens with zero attached hydrogens (tertiary/aromatic N) is 2. The summed E-state index contributed by atoms with van der Waals surface area (Å²) in [5, 5.41) is 6.64. The van der Waals surface area contributed by atoms with Gasteiger partial charge in [-0.3, -0.25) is 9.79 Å². The standard InChI is InChI=1S/C22H36N4O2/c1-22(2,3)19(28-5)16-25-21(23-4)24-15-17-9-11-18(12-10-17)20(27)26-13-7-6-8-14-26/h9-12,19H,6-8,13-16H2,1-5H3,(H2,23,24,25). The second kappa shape index (κ2) is 10.5. The molecule has 0 radical (unpaired) electrons. The van der Waals surface area contributed by atoms with E-state index in [4.69, 9.17) is 4.74 Å². The zero-order chi connectivity index (χ0) is 20.6. The molecule has 0 aliphatic carbocycles. The van der Waals surface area contributed by atoms with Gasteiger partial charge in [0.15, 0.2) is 5.96 Å². The summed E-state index contributed by atoms with van der Waals surface area (Å²) in [4.78, 5) is 18.8. The third kappa shape index (κ3) is 6.51. The minimum Gasteiger partial charge on any atom is -0.379 e. The van der Waals surface area contributed by atoms with Crippen LogP contribution in [0.5, 0.6) is 0 Å². The Morgan fingerprint density at radius 3 is 2.32 bits per heavy atom. The highest BCUT2D eigenvalue weighted by Gasteiger charge is 2.24. The molecule has 1 aliphatic heterocycles. The molecule has 1 aromatic rings. The van der Waals surface area contributed by atoms with E-state index in [-0.39, 0.29) is 17.4 Å². The fourth-order valence-electron chi connectivity index (χ4n) is 3.38. The molecule has 1 amide bonds. The van der Waals surface area contributed by atoms with Gasteiger partial charge >= 0.3 is 0 Å². The zero-order valence-electron chi connectivity index (χ0n) is 18.0. The topological polar surface area (TPSA) is 66.0 Å². The van der Waals surface area contributed by atoms with Crippen LogP contribution in [-0.2, 0) is 11.3 Å². The van der Waals surface area contributed by atoms with Gasteiger partial charge in [-0.05, 0) is 42.4 Å². The van der Waals surface area contributed by atoms with Gasteiger partial charge in [0.2, 0.25) is 0 Å². The Balaban J connectivity index is 1.85. The van der Waals surface area contributed by atoms with Crippen molar-refractivity contribution in [2.24, 2.45) is 10.4 Å². The molecule has 0 saturated carbocycles. The van der Waals surface area contributed by atoms with Gasteiger partial charge in [0.1, 0.15) is 0 Å². The molecule has 1 aliphatic rings. The fraction of sp³-hybridized carbons (Fsp3) is 0.636. The van der Waals surface area contributed by atoms with Crippen LogP contribution in [0.4, 0.5) is 0 Å². The Labute approximate surface area is 169 Å². The number of amides is 1. The van der Waals surface area contributed by atoms with E-state index in [1.165, 1.54) is 6.42 Å². The summed E-state index contributed by atoms with van der Waals surface area (Å²) < 4.78 is 5.58. The molecule has 1 unspecified atom stereocenters. The zero-order valence-corrected chi connectivity index (χ0v) is 18.0. The van der Waals surface area contributed by atoms with Gasteiger partial charge < -0.3 is 20.3 Å².